The number of nitrogen functional groups attached to an aromatic ring is 2. The van der Waals surface area contributed by atoms with E-state index in [0.717, 1.165) is 0 Å². The van der Waals surface area contributed by atoms with Gasteiger partial charge in [0.1, 0.15) is 10.6 Å². The van der Waals surface area contributed by atoms with E-state index >= 15 is 0 Å². The Bertz CT molecular complexity index is 500. The lowest BCUT2D eigenvalue weighted by Crippen LogP contribution is -2.19. The van der Waals surface area contributed by atoms with Crippen molar-refractivity contribution in [2.45, 2.75) is 4.90 Å². The van der Waals surface area contributed by atoms with Crippen molar-refractivity contribution in [3.63, 3.8) is 0 Å². The molecule has 5 nitrogen and oxygen atoms in total. The Morgan fingerprint density at radius 2 is 1.33 bits per heavy atom. The lowest BCUT2D eigenvalue weighted by molar-refractivity contribution is 0.478. The highest BCUT2D eigenvalue weighted by Gasteiger charge is 2.28. The molecule has 0 saturated heterocycles. The number of primary sulfonamides is 1. The molecule has 1 aromatic rings. The van der Waals surface area contributed by atoms with Gasteiger partial charge >= 0.3 is 0 Å². The molecule has 0 spiro atoms. The molecule has 84 valence electrons. The van der Waals surface area contributed by atoms with E-state index in [0.29, 0.717) is 0 Å². The largest absolute Gasteiger partial charge is 0.395 e. The highest BCUT2D eigenvalue weighted by Crippen LogP contribution is 2.31. The van der Waals surface area contributed by atoms with Crippen LogP contribution in [0.3, 0.4) is 0 Å². The van der Waals surface area contributed by atoms with Gasteiger partial charge in [-0.05, 0) is 0 Å². The van der Waals surface area contributed by atoms with Crippen LogP contribution in [-0.2, 0) is 10.0 Å². The topological polar surface area (TPSA) is 112 Å². The number of hydrogen-bond donors (Lipinski definition) is 3. The summed E-state index contributed by atoms with van der Waals surface area (Å²) >= 11 is 0. The van der Waals surface area contributed by atoms with Crippen molar-refractivity contribution in [3.05, 3.63) is 17.5 Å². The van der Waals surface area contributed by atoms with E-state index in [2.05, 4.69) is 5.14 Å². The molecular weight excluding hydrogens is 235 g/mol. The summed E-state index contributed by atoms with van der Waals surface area (Å²) in [5.74, 6) is -5.29. The number of hydrogen-bond acceptors (Lipinski definition) is 4. The standard InChI is InChI=1S/C6H6F3N3O2S/c7-1-2(8)6(15(12,13)14)5(11)3(9)4(1)10/h10-11H2,(H2,12,13,14). The lowest BCUT2D eigenvalue weighted by atomic mass is 10.2. The average molecular weight is 241 g/mol. The van der Waals surface area contributed by atoms with Crippen LogP contribution in [0.5, 0.6) is 0 Å². The van der Waals surface area contributed by atoms with Gasteiger partial charge in [0, 0.05) is 0 Å². The summed E-state index contributed by atoms with van der Waals surface area (Å²) in [5.41, 5.74) is 7.37. The quantitative estimate of drug-likeness (QED) is 0.471. The van der Waals surface area contributed by atoms with Crippen LogP contribution >= 0.6 is 0 Å². The van der Waals surface area contributed by atoms with Crippen molar-refractivity contribution in [2.24, 2.45) is 5.14 Å². The molecule has 0 fully saturated rings. The van der Waals surface area contributed by atoms with Crippen molar-refractivity contribution in [1.82, 2.24) is 0 Å². The predicted octanol–water partition coefficient (Wildman–Crippen LogP) is -0.0843. The molecule has 0 aliphatic carbocycles. The third kappa shape index (κ3) is 1.70. The third-order valence-corrected chi connectivity index (χ3v) is 2.60. The van der Waals surface area contributed by atoms with Crippen LogP contribution in [0.1, 0.15) is 0 Å². The van der Waals surface area contributed by atoms with Crippen molar-refractivity contribution in [1.29, 1.82) is 0 Å². The highest BCUT2D eigenvalue weighted by atomic mass is 32.2. The molecule has 0 bridgehead atoms. The summed E-state index contributed by atoms with van der Waals surface area (Å²) in [7, 11) is -4.66. The second-order valence-electron chi connectivity index (χ2n) is 2.64. The molecule has 0 amide bonds. The van der Waals surface area contributed by atoms with Crippen LogP contribution in [0, 0.1) is 17.5 Å². The molecule has 0 aliphatic rings. The van der Waals surface area contributed by atoms with E-state index < -0.39 is 43.7 Å². The molecule has 9 heteroatoms. The van der Waals surface area contributed by atoms with Gasteiger partial charge in [0.15, 0.2) is 17.5 Å². The Morgan fingerprint density at radius 1 is 0.867 bits per heavy atom. The predicted molar refractivity (Wildman–Crippen MR) is 46.5 cm³/mol. The zero-order valence-electron chi connectivity index (χ0n) is 7.09. The van der Waals surface area contributed by atoms with Gasteiger partial charge in [-0.2, -0.15) is 0 Å². The molecule has 1 aromatic carbocycles. The fourth-order valence-corrected chi connectivity index (χ4v) is 1.69. The fourth-order valence-electron chi connectivity index (χ4n) is 0.955. The highest BCUT2D eigenvalue weighted by molar-refractivity contribution is 7.89. The van der Waals surface area contributed by atoms with Crippen molar-refractivity contribution in [2.75, 3.05) is 11.5 Å². The van der Waals surface area contributed by atoms with Gasteiger partial charge in [-0.3, -0.25) is 0 Å². The maximum Gasteiger partial charge on any atom is 0.243 e. The van der Waals surface area contributed by atoms with E-state index in [1.54, 1.807) is 0 Å². The molecule has 0 unspecified atom stereocenters. The number of anilines is 2. The van der Waals surface area contributed by atoms with Crippen LogP contribution in [0.2, 0.25) is 0 Å². The van der Waals surface area contributed by atoms with Gasteiger partial charge in [-0.25, -0.2) is 26.7 Å². The SMILES string of the molecule is Nc1c(F)c(N)c(S(N)(=O)=O)c(F)c1F. The second kappa shape index (κ2) is 3.28. The lowest BCUT2D eigenvalue weighted by Gasteiger charge is -2.09. The van der Waals surface area contributed by atoms with Crippen LogP contribution in [0.25, 0.3) is 0 Å². The Labute approximate surface area is 82.7 Å². The molecule has 0 saturated carbocycles. The molecule has 0 heterocycles. The molecule has 0 aromatic heterocycles. The first-order valence-electron chi connectivity index (χ1n) is 3.42. The third-order valence-electron chi connectivity index (χ3n) is 1.63. The van der Waals surface area contributed by atoms with E-state index in [1.807, 2.05) is 0 Å². The van der Waals surface area contributed by atoms with E-state index in [-0.39, 0.29) is 0 Å². The van der Waals surface area contributed by atoms with E-state index in [1.165, 1.54) is 0 Å². The Kier molecular flexibility index (Phi) is 2.53. The first-order chi connectivity index (χ1) is 6.68. The van der Waals surface area contributed by atoms with Gasteiger partial charge in [-0.1, -0.05) is 0 Å². The van der Waals surface area contributed by atoms with E-state index in [9.17, 15) is 21.6 Å². The molecule has 15 heavy (non-hydrogen) atoms. The van der Waals surface area contributed by atoms with Crippen LogP contribution in [0.15, 0.2) is 4.90 Å². The van der Waals surface area contributed by atoms with Crippen LogP contribution in [-0.4, -0.2) is 8.42 Å². The minimum atomic E-state index is -4.66. The fraction of sp³-hybridized carbons (Fsp3) is 0. The summed E-state index contributed by atoms with van der Waals surface area (Å²) < 4.78 is 60.4. The van der Waals surface area contributed by atoms with Crippen molar-refractivity contribution in [3.8, 4) is 0 Å². The Morgan fingerprint density at radius 3 is 1.73 bits per heavy atom. The molecule has 0 radical (unpaired) electrons. The first kappa shape index (κ1) is 11.6. The number of rotatable bonds is 1. The number of halogens is 3. The molecule has 0 atom stereocenters. The number of benzene rings is 1. The maximum atomic E-state index is 13.0. The monoisotopic (exact) mass is 241 g/mol. The Hall–Kier alpha value is -1.48. The Balaban J connectivity index is 3.84. The minimum absolute atomic E-state index is 1.14. The van der Waals surface area contributed by atoms with Crippen molar-refractivity contribution < 1.29 is 21.6 Å². The van der Waals surface area contributed by atoms with Crippen molar-refractivity contribution >= 4 is 21.4 Å². The van der Waals surface area contributed by atoms with Gasteiger partial charge in [0.25, 0.3) is 0 Å². The summed E-state index contributed by atoms with van der Waals surface area (Å²) in [4.78, 5) is -1.44. The summed E-state index contributed by atoms with van der Waals surface area (Å²) in [6, 6.07) is 0. The maximum absolute atomic E-state index is 13.0. The van der Waals surface area contributed by atoms with Gasteiger partial charge in [0.2, 0.25) is 10.0 Å². The van der Waals surface area contributed by atoms with E-state index in [4.69, 9.17) is 11.5 Å². The minimum Gasteiger partial charge on any atom is -0.395 e. The zero-order chi connectivity index (χ0) is 12.0. The summed E-state index contributed by atoms with van der Waals surface area (Å²) in [5, 5.41) is 4.52. The molecule has 0 aliphatic heterocycles. The smallest absolute Gasteiger partial charge is 0.243 e. The van der Waals surface area contributed by atoms with Gasteiger partial charge < -0.3 is 11.5 Å². The van der Waals surface area contributed by atoms with Gasteiger partial charge in [0.05, 0.1) is 5.69 Å². The first-order valence-corrected chi connectivity index (χ1v) is 4.96. The second-order valence-corrected chi connectivity index (χ2v) is 4.14. The summed E-state index contributed by atoms with van der Waals surface area (Å²) in [6.45, 7) is 0. The molecular formula is C6H6F3N3O2S. The van der Waals surface area contributed by atoms with Crippen LogP contribution in [0.4, 0.5) is 24.5 Å². The average Bonchev–Trinajstić information content (AvgIpc) is 2.09. The van der Waals surface area contributed by atoms with Crippen LogP contribution < -0.4 is 16.6 Å². The number of sulfonamides is 1. The normalized spacial score (nSPS) is 11.7. The summed E-state index contributed by atoms with van der Waals surface area (Å²) in [6.07, 6.45) is 0. The molecule has 6 N–H and O–H groups in total. The zero-order valence-corrected chi connectivity index (χ0v) is 7.91. The number of nitrogens with two attached hydrogens (primary N) is 3. The van der Waals surface area contributed by atoms with Gasteiger partial charge in [-0.15, -0.1) is 0 Å². The molecule has 1 rings (SSSR count).